The van der Waals surface area contributed by atoms with Gasteiger partial charge in [-0.2, -0.15) is 0 Å². The molecule has 0 amide bonds. The van der Waals surface area contributed by atoms with Gasteiger partial charge >= 0.3 is 0 Å². The van der Waals surface area contributed by atoms with Crippen molar-refractivity contribution < 1.29 is 0 Å². The van der Waals surface area contributed by atoms with Crippen LogP contribution < -0.4 is 0 Å². The van der Waals surface area contributed by atoms with Gasteiger partial charge in [0.25, 0.3) is 0 Å². The van der Waals surface area contributed by atoms with Crippen molar-refractivity contribution in [2.24, 2.45) is 0 Å². The first-order chi connectivity index (χ1) is 6.41. The Balaban J connectivity index is 3.10. The summed E-state index contributed by atoms with van der Waals surface area (Å²) in [5, 5.41) is 0. The van der Waals surface area contributed by atoms with E-state index in [9.17, 15) is 0 Å². The molecule has 0 aliphatic heterocycles. The van der Waals surface area contributed by atoms with Gasteiger partial charge in [0.15, 0.2) is 0 Å². The van der Waals surface area contributed by atoms with E-state index in [0.717, 1.165) is 0 Å². The lowest BCUT2D eigenvalue weighted by molar-refractivity contribution is 0.811. The van der Waals surface area contributed by atoms with E-state index in [4.69, 9.17) is 0 Å². The second kappa shape index (κ2) is 11.5. The summed E-state index contributed by atoms with van der Waals surface area (Å²) in [6.45, 7) is 4.45. The third-order valence-electron chi connectivity index (χ3n) is 2.01. The van der Waals surface area contributed by atoms with Crippen LogP contribution >= 0.6 is 0 Å². The van der Waals surface area contributed by atoms with Crippen molar-refractivity contribution in [3.05, 3.63) is 24.3 Å². The molecule has 0 spiro atoms. The van der Waals surface area contributed by atoms with Crippen molar-refractivity contribution in [3.63, 3.8) is 0 Å². The molecule has 0 fully saturated rings. The smallest absolute Gasteiger partial charge is 0.0316 e. The Labute approximate surface area is 83.7 Å². The number of hydrogen-bond acceptors (Lipinski definition) is 0. The molecule has 0 aromatic carbocycles. The van der Waals surface area contributed by atoms with Crippen molar-refractivity contribution in [3.8, 4) is 0 Å². The molecular formula is C13H24. The predicted octanol–water partition coefficient (Wildman–Crippen LogP) is 4.87. The van der Waals surface area contributed by atoms with Crippen molar-refractivity contribution >= 4 is 0 Å². The fourth-order valence-corrected chi connectivity index (χ4v) is 1.15. The van der Waals surface area contributed by atoms with Gasteiger partial charge in [0.1, 0.15) is 0 Å². The van der Waals surface area contributed by atoms with E-state index in [1.807, 2.05) is 0 Å². The van der Waals surface area contributed by atoms with Crippen LogP contribution in [0.1, 0.15) is 58.8 Å². The molecule has 0 atom stereocenters. The number of rotatable bonds is 8. The van der Waals surface area contributed by atoms with Gasteiger partial charge in [-0.3, -0.25) is 0 Å². The van der Waals surface area contributed by atoms with Gasteiger partial charge in [-0.05, 0) is 25.7 Å². The van der Waals surface area contributed by atoms with Crippen molar-refractivity contribution in [2.45, 2.75) is 58.8 Å². The second-order valence-electron chi connectivity index (χ2n) is 3.45. The van der Waals surface area contributed by atoms with Crippen molar-refractivity contribution in [1.82, 2.24) is 0 Å². The Bertz CT molecular complexity index is 131. The van der Waals surface area contributed by atoms with E-state index in [0.29, 0.717) is 0 Å². The molecule has 0 saturated carbocycles. The largest absolute Gasteiger partial charge is 0.0885 e. The van der Waals surface area contributed by atoms with Crippen LogP contribution in [-0.2, 0) is 0 Å². The van der Waals surface area contributed by atoms with E-state index < -0.39 is 0 Å². The molecule has 0 rings (SSSR count). The van der Waals surface area contributed by atoms with Crippen molar-refractivity contribution in [1.29, 1.82) is 0 Å². The summed E-state index contributed by atoms with van der Waals surface area (Å²) in [5.41, 5.74) is 0. The maximum atomic E-state index is 2.32. The lowest BCUT2D eigenvalue weighted by atomic mass is 10.2. The van der Waals surface area contributed by atoms with Crippen LogP contribution in [0.4, 0.5) is 0 Å². The zero-order valence-electron chi connectivity index (χ0n) is 9.26. The average molecular weight is 180 g/mol. The molecule has 0 aliphatic carbocycles. The molecule has 0 heterocycles. The van der Waals surface area contributed by atoms with Crippen LogP contribution in [0.3, 0.4) is 0 Å². The van der Waals surface area contributed by atoms with Gasteiger partial charge < -0.3 is 0 Å². The van der Waals surface area contributed by atoms with E-state index >= 15 is 0 Å². The Hall–Kier alpha value is -0.520. The SMILES string of the molecule is CCC/C=C/CC/C=C/CCCC. The minimum atomic E-state index is 1.21. The Morgan fingerprint density at radius 1 is 0.615 bits per heavy atom. The number of allylic oxidation sites excluding steroid dienone is 4. The normalized spacial score (nSPS) is 11.8. The quantitative estimate of drug-likeness (QED) is 0.369. The first-order valence-electron chi connectivity index (χ1n) is 5.71. The fraction of sp³-hybridized carbons (Fsp3) is 0.692. The summed E-state index contributed by atoms with van der Waals surface area (Å²) in [6, 6.07) is 0. The predicted molar refractivity (Wildman–Crippen MR) is 61.9 cm³/mol. The molecule has 0 aromatic heterocycles. The minimum absolute atomic E-state index is 1.21. The Morgan fingerprint density at radius 2 is 1.15 bits per heavy atom. The van der Waals surface area contributed by atoms with Crippen LogP contribution in [-0.4, -0.2) is 0 Å². The molecule has 76 valence electrons. The molecule has 0 aromatic rings. The number of hydrogen-bond donors (Lipinski definition) is 0. The van der Waals surface area contributed by atoms with Gasteiger partial charge in [-0.15, -0.1) is 0 Å². The third-order valence-corrected chi connectivity index (χ3v) is 2.01. The van der Waals surface area contributed by atoms with Crippen LogP contribution in [0, 0.1) is 0 Å². The zero-order valence-corrected chi connectivity index (χ0v) is 9.26. The lowest BCUT2D eigenvalue weighted by Crippen LogP contribution is -1.69. The monoisotopic (exact) mass is 180 g/mol. The zero-order chi connectivity index (χ0) is 9.78. The molecule has 13 heavy (non-hydrogen) atoms. The third kappa shape index (κ3) is 11.5. The molecule has 0 bridgehead atoms. The van der Waals surface area contributed by atoms with Gasteiger partial charge in [0.05, 0.1) is 0 Å². The summed E-state index contributed by atoms with van der Waals surface area (Å²) in [7, 11) is 0. The van der Waals surface area contributed by atoms with Gasteiger partial charge in [0.2, 0.25) is 0 Å². The highest BCUT2D eigenvalue weighted by molar-refractivity contribution is 4.87. The summed E-state index contributed by atoms with van der Waals surface area (Å²) >= 11 is 0. The van der Waals surface area contributed by atoms with E-state index in [2.05, 4.69) is 38.2 Å². The highest BCUT2D eigenvalue weighted by Crippen LogP contribution is 1.99. The lowest BCUT2D eigenvalue weighted by Gasteiger charge is -1.89. The van der Waals surface area contributed by atoms with Gasteiger partial charge in [-0.1, -0.05) is 57.4 Å². The molecular weight excluding hydrogens is 156 g/mol. The minimum Gasteiger partial charge on any atom is -0.0885 e. The molecule has 0 nitrogen and oxygen atoms in total. The Kier molecular flexibility index (Phi) is 11.0. The van der Waals surface area contributed by atoms with E-state index in [-0.39, 0.29) is 0 Å². The fourth-order valence-electron chi connectivity index (χ4n) is 1.15. The van der Waals surface area contributed by atoms with Crippen LogP contribution in [0.15, 0.2) is 24.3 Å². The van der Waals surface area contributed by atoms with Gasteiger partial charge in [0, 0.05) is 0 Å². The topological polar surface area (TPSA) is 0 Å². The molecule has 0 N–H and O–H groups in total. The maximum absolute atomic E-state index is 2.32. The average Bonchev–Trinajstić information content (AvgIpc) is 2.16. The van der Waals surface area contributed by atoms with Crippen LogP contribution in [0.25, 0.3) is 0 Å². The van der Waals surface area contributed by atoms with E-state index in [1.165, 1.54) is 44.9 Å². The van der Waals surface area contributed by atoms with Crippen LogP contribution in [0.2, 0.25) is 0 Å². The van der Waals surface area contributed by atoms with E-state index in [1.54, 1.807) is 0 Å². The summed E-state index contributed by atoms with van der Waals surface area (Å²) < 4.78 is 0. The number of unbranched alkanes of at least 4 members (excludes halogenated alkanes) is 4. The molecule has 0 saturated heterocycles. The summed E-state index contributed by atoms with van der Waals surface area (Å²) in [6.07, 6.45) is 18.0. The van der Waals surface area contributed by atoms with Crippen molar-refractivity contribution in [2.75, 3.05) is 0 Å². The Morgan fingerprint density at radius 3 is 1.69 bits per heavy atom. The first kappa shape index (κ1) is 12.5. The highest BCUT2D eigenvalue weighted by atomic mass is 13.9. The molecule has 0 radical (unpaired) electrons. The molecule has 0 heteroatoms. The molecule has 0 aliphatic rings. The first-order valence-corrected chi connectivity index (χ1v) is 5.71. The summed E-state index contributed by atoms with van der Waals surface area (Å²) in [5.74, 6) is 0. The van der Waals surface area contributed by atoms with Crippen LogP contribution in [0.5, 0.6) is 0 Å². The maximum Gasteiger partial charge on any atom is -0.0316 e. The van der Waals surface area contributed by atoms with Gasteiger partial charge in [-0.25, -0.2) is 0 Å². The second-order valence-corrected chi connectivity index (χ2v) is 3.45. The highest BCUT2D eigenvalue weighted by Gasteiger charge is 1.79. The molecule has 0 unspecified atom stereocenters. The standard InChI is InChI=1S/C13H24/c1-3-5-7-9-11-13-12-10-8-6-4-2/h7,9-10,12H,3-6,8,11,13H2,1-2H3/b9-7+,12-10+. The summed E-state index contributed by atoms with van der Waals surface area (Å²) in [4.78, 5) is 0.